The summed E-state index contributed by atoms with van der Waals surface area (Å²) in [7, 11) is 1.60. The molecule has 0 saturated heterocycles. The van der Waals surface area contributed by atoms with Crippen molar-refractivity contribution < 1.29 is 9.13 Å². The first-order valence-corrected chi connectivity index (χ1v) is 9.35. The van der Waals surface area contributed by atoms with Crippen LogP contribution in [0.4, 0.5) is 4.39 Å². The first-order valence-electron chi connectivity index (χ1n) is 9.35. The van der Waals surface area contributed by atoms with Gasteiger partial charge in [-0.15, -0.1) is 0 Å². The Morgan fingerprint density at radius 3 is 2.71 bits per heavy atom. The van der Waals surface area contributed by atoms with Crippen molar-refractivity contribution in [2.45, 2.75) is 12.8 Å². The van der Waals surface area contributed by atoms with Gasteiger partial charge in [-0.25, -0.2) is 4.39 Å². The number of halogens is 1. The van der Waals surface area contributed by atoms with Gasteiger partial charge in [-0.1, -0.05) is 24.3 Å². The molecule has 3 aromatic rings. The molecular formula is C24H21FN2O. The average Bonchev–Trinajstić information content (AvgIpc) is 2.75. The van der Waals surface area contributed by atoms with E-state index in [-0.39, 0.29) is 5.82 Å². The highest BCUT2D eigenvalue weighted by Crippen LogP contribution is 2.33. The lowest BCUT2D eigenvalue weighted by Crippen LogP contribution is -2.11. The van der Waals surface area contributed by atoms with E-state index in [2.05, 4.69) is 11.1 Å². The van der Waals surface area contributed by atoms with Crippen LogP contribution in [0.3, 0.4) is 0 Å². The molecule has 140 valence electrons. The molecule has 2 heterocycles. The average molecular weight is 372 g/mol. The molecule has 0 N–H and O–H groups in total. The van der Waals surface area contributed by atoms with Crippen LogP contribution in [0.15, 0.2) is 77.6 Å². The van der Waals surface area contributed by atoms with Gasteiger partial charge in [0.2, 0.25) is 0 Å². The van der Waals surface area contributed by atoms with Crippen molar-refractivity contribution in [1.82, 2.24) is 4.98 Å². The van der Waals surface area contributed by atoms with E-state index >= 15 is 0 Å². The first kappa shape index (κ1) is 18.1. The van der Waals surface area contributed by atoms with Crippen molar-refractivity contribution in [2.75, 3.05) is 13.7 Å². The Bertz CT molecular complexity index is 1040. The Kier molecular flexibility index (Phi) is 5.29. The fourth-order valence-corrected chi connectivity index (χ4v) is 3.51. The summed E-state index contributed by atoms with van der Waals surface area (Å²) < 4.78 is 19.8. The number of hydrogen-bond donors (Lipinski definition) is 0. The Hall–Kier alpha value is -3.27. The summed E-state index contributed by atoms with van der Waals surface area (Å²) in [4.78, 5) is 8.95. The van der Waals surface area contributed by atoms with Crippen molar-refractivity contribution in [3.8, 4) is 16.9 Å². The molecule has 0 atom stereocenters. The molecule has 1 aromatic heterocycles. The van der Waals surface area contributed by atoms with Crippen molar-refractivity contribution in [3.63, 3.8) is 0 Å². The molecule has 4 heteroatoms. The summed E-state index contributed by atoms with van der Waals surface area (Å²) in [5, 5.41) is 0. The van der Waals surface area contributed by atoms with Gasteiger partial charge >= 0.3 is 0 Å². The van der Waals surface area contributed by atoms with Crippen LogP contribution in [0.1, 0.15) is 24.0 Å². The molecule has 2 aromatic carbocycles. The van der Waals surface area contributed by atoms with E-state index < -0.39 is 0 Å². The molecule has 1 aliphatic heterocycles. The molecule has 0 radical (unpaired) electrons. The van der Waals surface area contributed by atoms with Crippen molar-refractivity contribution in [1.29, 1.82) is 0 Å². The zero-order valence-electron chi connectivity index (χ0n) is 15.7. The number of pyridine rings is 1. The van der Waals surface area contributed by atoms with E-state index in [4.69, 9.17) is 9.73 Å². The number of methoxy groups -OCH3 is 1. The van der Waals surface area contributed by atoms with Gasteiger partial charge in [-0.2, -0.15) is 0 Å². The second kappa shape index (κ2) is 8.17. The third-order valence-electron chi connectivity index (χ3n) is 4.84. The maximum atomic E-state index is 14.4. The molecule has 0 fully saturated rings. The van der Waals surface area contributed by atoms with E-state index in [9.17, 15) is 4.39 Å². The fourth-order valence-electron chi connectivity index (χ4n) is 3.51. The van der Waals surface area contributed by atoms with Gasteiger partial charge in [0.15, 0.2) is 0 Å². The highest BCUT2D eigenvalue weighted by Gasteiger charge is 2.15. The van der Waals surface area contributed by atoms with E-state index in [0.29, 0.717) is 11.3 Å². The maximum absolute atomic E-state index is 14.4. The standard InChI is InChI=1S/C24H21FN2O/c1-28-23-11-10-17(15-21(23)20-8-2-3-9-22(20)25)14-18-6-5-13-27-24(18)19-7-4-12-26-16-19/h2-4,7-12,14-16H,5-6,13H2,1H3/b18-14-. The highest BCUT2D eigenvalue weighted by atomic mass is 19.1. The third kappa shape index (κ3) is 3.72. The van der Waals surface area contributed by atoms with Crippen LogP contribution in [0.2, 0.25) is 0 Å². The summed E-state index contributed by atoms with van der Waals surface area (Å²) in [6, 6.07) is 16.6. The number of allylic oxidation sites excluding steroid dienone is 1. The monoisotopic (exact) mass is 372 g/mol. The van der Waals surface area contributed by atoms with E-state index in [0.717, 1.165) is 41.8 Å². The molecule has 0 aliphatic carbocycles. The lowest BCUT2D eigenvalue weighted by molar-refractivity contribution is 0.416. The van der Waals surface area contributed by atoms with Crippen molar-refractivity contribution in [3.05, 3.63) is 89.5 Å². The zero-order valence-corrected chi connectivity index (χ0v) is 15.7. The molecule has 0 spiro atoms. The van der Waals surface area contributed by atoms with Gasteiger partial charge in [-0.3, -0.25) is 9.98 Å². The van der Waals surface area contributed by atoms with Gasteiger partial charge < -0.3 is 4.74 Å². The number of aromatic nitrogens is 1. The van der Waals surface area contributed by atoms with E-state index in [1.807, 2.05) is 42.6 Å². The van der Waals surface area contributed by atoms with Crippen LogP contribution in [-0.4, -0.2) is 24.4 Å². The Balaban J connectivity index is 1.77. The number of nitrogens with zero attached hydrogens (tertiary/aromatic N) is 2. The maximum Gasteiger partial charge on any atom is 0.131 e. The quantitative estimate of drug-likeness (QED) is 0.601. The summed E-state index contributed by atoms with van der Waals surface area (Å²) in [6.45, 7) is 0.824. The Labute approximate surface area is 164 Å². The minimum atomic E-state index is -0.263. The molecule has 0 bridgehead atoms. The minimum Gasteiger partial charge on any atom is -0.496 e. The topological polar surface area (TPSA) is 34.5 Å². The number of rotatable bonds is 4. The number of aliphatic imine (C=N–C) groups is 1. The SMILES string of the molecule is COc1ccc(/C=C2/CCCN=C2c2cccnc2)cc1-c1ccccc1F. The van der Waals surface area contributed by atoms with Gasteiger partial charge in [0, 0.05) is 35.6 Å². The zero-order chi connectivity index (χ0) is 19.3. The van der Waals surface area contributed by atoms with Gasteiger partial charge in [-0.05, 0) is 60.4 Å². The van der Waals surface area contributed by atoms with E-state index in [1.54, 1.807) is 25.4 Å². The molecular weight excluding hydrogens is 351 g/mol. The van der Waals surface area contributed by atoms with Crippen molar-refractivity contribution >= 4 is 11.8 Å². The number of ether oxygens (including phenoxy) is 1. The fraction of sp³-hybridized carbons (Fsp3) is 0.167. The molecule has 0 unspecified atom stereocenters. The molecule has 3 nitrogen and oxygen atoms in total. The summed E-state index contributed by atoms with van der Waals surface area (Å²) in [5.41, 5.74) is 5.45. The number of hydrogen-bond acceptors (Lipinski definition) is 3. The lowest BCUT2D eigenvalue weighted by Gasteiger charge is -2.17. The van der Waals surface area contributed by atoms with Crippen LogP contribution in [0.5, 0.6) is 5.75 Å². The molecule has 0 amide bonds. The highest BCUT2D eigenvalue weighted by molar-refractivity contribution is 6.15. The normalized spacial score (nSPS) is 15.4. The third-order valence-corrected chi connectivity index (χ3v) is 4.84. The van der Waals surface area contributed by atoms with Crippen LogP contribution >= 0.6 is 0 Å². The summed E-state index contributed by atoms with van der Waals surface area (Å²) >= 11 is 0. The predicted octanol–water partition coefficient (Wildman–Crippen LogP) is 5.56. The minimum absolute atomic E-state index is 0.263. The van der Waals surface area contributed by atoms with Crippen LogP contribution < -0.4 is 4.74 Å². The first-order chi connectivity index (χ1) is 13.8. The molecule has 4 rings (SSSR count). The lowest BCUT2D eigenvalue weighted by atomic mass is 9.93. The van der Waals surface area contributed by atoms with Crippen molar-refractivity contribution in [2.24, 2.45) is 4.99 Å². The summed E-state index contributed by atoms with van der Waals surface area (Å²) in [5.74, 6) is 0.387. The molecule has 28 heavy (non-hydrogen) atoms. The summed E-state index contributed by atoms with van der Waals surface area (Å²) in [6.07, 6.45) is 7.71. The van der Waals surface area contributed by atoms with Gasteiger partial charge in [0.05, 0.1) is 12.8 Å². The Morgan fingerprint density at radius 1 is 1.04 bits per heavy atom. The number of benzene rings is 2. The molecule has 0 saturated carbocycles. The van der Waals surface area contributed by atoms with Gasteiger partial charge in [0.25, 0.3) is 0 Å². The largest absolute Gasteiger partial charge is 0.496 e. The van der Waals surface area contributed by atoms with Crippen LogP contribution in [0.25, 0.3) is 17.2 Å². The second-order valence-electron chi connectivity index (χ2n) is 6.68. The smallest absolute Gasteiger partial charge is 0.131 e. The van der Waals surface area contributed by atoms with Crippen LogP contribution in [0, 0.1) is 5.82 Å². The molecule has 1 aliphatic rings. The van der Waals surface area contributed by atoms with Crippen LogP contribution in [-0.2, 0) is 0 Å². The Morgan fingerprint density at radius 2 is 1.93 bits per heavy atom. The predicted molar refractivity (Wildman–Crippen MR) is 111 cm³/mol. The second-order valence-corrected chi connectivity index (χ2v) is 6.68. The van der Waals surface area contributed by atoms with E-state index in [1.165, 1.54) is 11.6 Å². The van der Waals surface area contributed by atoms with Gasteiger partial charge in [0.1, 0.15) is 11.6 Å².